The molecule has 2 amide bonds. The van der Waals surface area contributed by atoms with E-state index in [2.05, 4.69) is 31.4 Å². The number of ether oxygens (including phenoxy) is 1. The van der Waals surface area contributed by atoms with Crippen LogP contribution in [0.4, 0.5) is 0 Å². The molecule has 5 nitrogen and oxygen atoms in total. The Labute approximate surface area is 418 Å². The van der Waals surface area contributed by atoms with E-state index >= 15 is 0 Å². The maximum Gasteiger partial charge on any atom is 0.255 e. The highest BCUT2D eigenvalue weighted by molar-refractivity contribution is 6.00. The van der Waals surface area contributed by atoms with E-state index in [1.807, 2.05) is 0 Å². The van der Waals surface area contributed by atoms with Crippen LogP contribution in [0.15, 0.2) is 18.2 Å². The summed E-state index contributed by atoms with van der Waals surface area (Å²) in [5.74, 6) is 0.343. The fraction of sp³-hybridized carbons (Fsp3) is 0.871. The number of benzene rings is 1. The van der Waals surface area contributed by atoms with Crippen LogP contribution in [-0.4, -0.2) is 31.5 Å². The van der Waals surface area contributed by atoms with Crippen molar-refractivity contribution in [2.24, 2.45) is 0 Å². The van der Waals surface area contributed by atoms with E-state index in [1.165, 1.54) is 270 Å². The minimum absolute atomic E-state index is 0.0823. The second kappa shape index (κ2) is 51.8. The molecule has 1 aromatic carbocycles. The van der Waals surface area contributed by atoms with Crippen molar-refractivity contribution in [1.82, 2.24) is 10.6 Å². The molecule has 0 bridgehead atoms. The predicted molar refractivity (Wildman–Crippen MR) is 295 cm³/mol. The number of hydrogen-bond acceptors (Lipinski definition) is 3. The molecule has 0 aromatic heterocycles. The molecule has 0 unspecified atom stereocenters. The van der Waals surface area contributed by atoms with Crippen LogP contribution in [-0.2, 0) is 0 Å². The highest BCUT2D eigenvalue weighted by Gasteiger charge is 2.16. The molecular formula is C62H116N2O3. The highest BCUT2D eigenvalue weighted by atomic mass is 16.5. The van der Waals surface area contributed by atoms with E-state index in [0.717, 1.165) is 38.5 Å². The van der Waals surface area contributed by atoms with Crippen molar-refractivity contribution >= 4 is 11.8 Å². The van der Waals surface area contributed by atoms with E-state index < -0.39 is 0 Å². The van der Waals surface area contributed by atoms with E-state index in [9.17, 15) is 9.59 Å². The van der Waals surface area contributed by atoms with Gasteiger partial charge < -0.3 is 15.4 Å². The molecule has 0 atom stereocenters. The average Bonchev–Trinajstić information content (AvgIpc) is 3.34. The topological polar surface area (TPSA) is 67.4 Å². The van der Waals surface area contributed by atoms with Gasteiger partial charge >= 0.3 is 0 Å². The molecule has 67 heavy (non-hydrogen) atoms. The van der Waals surface area contributed by atoms with Crippen molar-refractivity contribution in [3.63, 3.8) is 0 Å². The fourth-order valence-electron chi connectivity index (χ4n) is 9.75. The van der Waals surface area contributed by atoms with Crippen LogP contribution in [0.3, 0.4) is 0 Å². The van der Waals surface area contributed by atoms with E-state index in [4.69, 9.17) is 4.74 Å². The Bertz CT molecular complexity index is 1190. The second-order valence-electron chi connectivity index (χ2n) is 21.0. The van der Waals surface area contributed by atoms with Crippen molar-refractivity contribution < 1.29 is 14.3 Å². The molecule has 0 fully saturated rings. The van der Waals surface area contributed by atoms with Crippen LogP contribution in [0, 0.1) is 0 Å². The van der Waals surface area contributed by atoms with E-state index in [0.29, 0.717) is 36.6 Å². The molecule has 0 aliphatic rings. The first-order valence-corrected chi connectivity index (χ1v) is 30.5. The molecule has 1 rings (SSSR count). The molecule has 392 valence electrons. The van der Waals surface area contributed by atoms with Gasteiger partial charge in [-0.15, -0.1) is 0 Å². The van der Waals surface area contributed by atoms with Gasteiger partial charge in [-0.1, -0.05) is 310 Å². The number of rotatable bonds is 54. The molecule has 0 spiro atoms. The summed E-state index contributed by atoms with van der Waals surface area (Å²) in [6.07, 6.45) is 65.0. The molecule has 2 N–H and O–H groups in total. The van der Waals surface area contributed by atoms with Gasteiger partial charge in [-0.2, -0.15) is 0 Å². The minimum Gasteiger partial charge on any atom is -0.493 e. The molecule has 0 heterocycles. The van der Waals surface area contributed by atoms with Gasteiger partial charge in [0, 0.05) is 18.7 Å². The van der Waals surface area contributed by atoms with Crippen molar-refractivity contribution in [1.29, 1.82) is 0 Å². The Hall–Kier alpha value is -2.04. The number of carbonyl (C=O) groups is 2. The largest absolute Gasteiger partial charge is 0.493 e. The van der Waals surface area contributed by atoms with Crippen molar-refractivity contribution in [3.05, 3.63) is 29.3 Å². The standard InChI is InChI=1S/C62H116N2O3/c1-4-7-10-13-15-17-19-21-23-25-27-29-31-33-35-37-39-41-43-45-47-49-54-63-61(65)58-52-53-59(60(57-58)67-56-51-12-9-6-3)62(66)64-55-50-48-46-44-42-40-38-36-34-32-30-28-26-24-22-20-18-16-14-11-8-5-2/h52-53,57H,4-51,54-56H2,1-3H3,(H,63,65)(H,64,66). The van der Waals surface area contributed by atoms with Crippen LogP contribution in [0.5, 0.6) is 5.75 Å². The van der Waals surface area contributed by atoms with Crippen LogP contribution in [0.2, 0.25) is 0 Å². The quantitative estimate of drug-likeness (QED) is 0.0640. The molecular weight excluding hydrogens is 821 g/mol. The highest BCUT2D eigenvalue weighted by Crippen LogP contribution is 2.23. The lowest BCUT2D eigenvalue weighted by Gasteiger charge is -2.14. The Kier molecular flexibility index (Phi) is 48.7. The van der Waals surface area contributed by atoms with Gasteiger partial charge in [0.15, 0.2) is 0 Å². The zero-order valence-electron chi connectivity index (χ0n) is 45.5. The lowest BCUT2D eigenvalue weighted by atomic mass is 10.0. The third-order valence-corrected chi connectivity index (χ3v) is 14.4. The number of amides is 2. The monoisotopic (exact) mass is 937 g/mol. The Morgan fingerprint density at radius 3 is 0.881 bits per heavy atom. The summed E-state index contributed by atoms with van der Waals surface area (Å²) in [4.78, 5) is 26.4. The van der Waals surface area contributed by atoms with Gasteiger partial charge in [-0.25, -0.2) is 0 Å². The van der Waals surface area contributed by atoms with E-state index in [1.54, 1.807) is 18.2 Å². The molecule has 0 aliphatic heterocycles. The van der Waals surface area contributed by atoms with Crippen molar-refractivity contribution in [3.8, 4) is 5.75 Å². The molecule has 0 aliphatic carbocycles. The lowest BCUT2D eigenvalue weighted by Crippen LogP contribution is -2.26. The van der Waals surface area contributed by atoms with Gasteiger partial charge in [0.25, 0.3) is 11.8 Å². The number of hydrogen-bond donors (Lipinski definition) is 2. The minimum atomic E-state index is -0.103. The summed E-state index contributed by atoms with van der Waals surface area (Å²) in [5.41, 5.74) is 1.10. The second-order valence-corrected chi connectivity index (χ2v) is 21.0. The van der Waals surface area contributed by atoms with Gasteiger partial charge in [0.05, 0.1) is 12.2 Å². The third kappa shape index (κ3) is 42.6. The summed E-state index contributed by atoms with van der Waals surface area (Å²) in [6, 6.07) is 5.35. The van der Waals surface area contributed by atoms with Crippen LogP contribution < -0.4 is 15.4 Å². The third-order valence-electron chi connectivity index (χ3n) is 14.4. The first kappa shape index (κ1) is 63.0. The maximum atomic E-state index is 13.3. The smallest absolute Gasteiger partial charge is 0.255 e. The van der Waals surface area contributed by atoms with Gasteiger partial charge in [0.1, 0.15) is 5.75 Å². The molecule has 0 saturated carbocycles. The SMILES string of the molecule is CCCCCCCCCCCCCCCCCCCCCCCCNC(=O)c1ccc(C(=O)NCCCCCCCCCCCCCCCCCCCCCCCC)c(OCCCCCC)c1. The van der Waals surface area contributed by atoms with Gasteiger partial charge in [0.2, 0.25) is 0 Å². The fourth-order valence-corrected chi connectivity index (χ4v) is 9.75. The van der Waals surface area contributed by atoms with Crippen LogP contribution in [0.25, 0.3) is 0 Å². The zero-order chi connectivity index (χ0) is 48.2. The summed E-state index contributed by atoms with van der Waals surface area (Å²) in [7, 11) is 0. The predicted octanol–water partition coefficient (Wildman–Crippen LogP) is 20.3. The summed E-state index contributed by atoms with van der Waals surface area (Å²) < 4.78 is 6.16. The average molecular weight is 938 g/mol. The van der Waals surface area contributed by atoms with Crippen molar-refractivity contribution in [2.75, 3.05) is 19.7 Å². The number of carbonyl (C=O) groups excluding carboxylic acids is 2. The lowest BCUT2D eigenvalue weighted by molar-refractivity contribution is 0.0937. The van der Waals surface area contributed by atoms with Gasteiger partial charge in [-0.3, -0.25) is 9.59 Å². The Morgan fingerprint density at radius 1 is 0.328 bits per heavy atom. The molecule has 1 aromatic rings. The first-order chi connectivity index (χ1) is 33.1. The first-order valence-electron chi connectivity index (χ1n) is 30.5. The van der Waals surface area contributed by atoms with Gasteiger partial charge in [-0.05, 0) is 37.5 Å². The Morgan fingerprint density at radius 2 is 0.582 bits per heavy atom. The number of unbranched alkanes of at least 4 members (excludes halogenated alkanes) is 45. The summed E-state index contributed by atoms with van der Waals surface area (Å²) in [6.45, 7) is 8.72. The zero-order valence-corrected chi connectivity index (χ0v) is 45.5. The molecule has 0 radical (unpaired) electrons. The van der Waals surface area contributed by atoms with E-state index in [-0.39, 0.29) is 11.8 Å². The van der Waals surface area contributed by atoms with Crippen molar-refractivity contribution in [2.45, 2.75) is 329 Å². The van der Waals surface area contributed by atoms with Crippen LogP contribution in [0.1, 0.15) is 350 Å². The summed E-state index contributed by atoms with van der Waals surface area (Å²) >= 11 is 0. The van der Waals surface area contributed by atoms with Crippen LogP contribution >= 0.6 is 0 Å². The normalized spacial score (nSPS) is 11.4. The summed E-state index contributed by atoms with van der Waals surface area (Å²) in [5, 5.41) is 6.26. The Balaban J connectivity index is 2.11. The molecule has 0 saturated heterocycles. The molecule has 5 heteroatoms. The number of nitrogens with one attached hydrogen (secondary N) is 2. The maximum absolute atomic E-state index is 13.3.